The highest BCUT2D eigenvalue weighted by atomic mass is 16.3. The van der Waals surface area contributed by atoms with Gasteiger partial charge in [0.15, 0.2) is 0 Å². The van der Waals surface area contributed by atoms with Gasteiger partial charge in [-0.1, -0.05) is 32.9 Å². The van der Waals surface area contributed by atoms with Crippen LogP contribution in [0.5, 0.6) is 0 Å². The highest BCUT2D eigenvalue weighted by molar-refractivity contribution is 5.68. The van der Waals surface area contributed by atoms with Crippen LogP contribution >= 0.6 is 0 Å². The van der Waals surface area contributed by atoms with Gasteiger partial charge in [-0.25, -0.2) is 0 Å². The summed E-state index contributed by atoms with van der Waals surface area (Å²) < 4.78 is 0. The Morgan fingerprint density at radius 1 is 1.26 bits per heavy atom. The number of benzene rings is 1. The van der Waals surface area contributed by atoms with E-state index in [-0.39, 0.29) is 11.5 Å². The molecule has 1 unspecified atom stereocenters. The van der Waals surface area contributed by atoms with Gasteiger partial charge in [-0.05, 0) is 48.3 Å². The Labute approximate surface area is 140 Å². The second-order valence-electron chi connectivity index (χ2n) is 8.53. The summed E-state index contributed by atoms with van der Waals surface area (Å²) in [6.45, 7) is 11.0. The predicted octanol–water partition coefficient (Wildman–Crippen LogP) is 3.99. The summed E-state index contributed by atoms with van der Waals surface area (Å²) in [6, 6.07) is 6.46. The first-order chi connectivity index (χ1) is 10.7. The number of aliphatic hydroxyl groups excluding tert-OH is 1. The minimum absolute atomic E-state index is 0.253. The molecular formula is C20H30N2O. The quantitative estimate of drug-likeness (QED) is 0.910. The number of hydrogen-bond donors (Lipinski definition) is 1. The maximum absolute atomic E-state index is 10.5. The first kappa shape index (κ1) is 16.4. The van der Waals surface area contributed by atoms with E-state index in [1.807, 2.05) is 0 Å². The van der Waals surface area contributed by atoms with Crippen molar-refractivity contribution in [2.75, 3.05) is 20.3 Å². The van der Waals surface area contributed by atoms with Gasteiger partial charge in [0, 0.05) is 25.4 Å². The summed E-state index contributed by atoms with van der Waals surface area (Å²) in [5.41, 5.74) is 5.14. The molecule has 0 radical (unpaired) electrons. The van der Waals surface area contributed by atoms with Crippen LogP contribution in [0.25, 0.3) is 5.70 Å². The molecule has 1 saturated carbocycles. The molecule has 1 aromatic rings. The molecule has 1 atom stereocenters. The molecule has 1 aliphatic heterocycles. The third kappa shape index (κ3) is 3.72. The highest BCUT2D eigenvalue weighted by Gasteiger charge is 2.32. The van der Waals surface area contributed by atoms with E-state index in [0.29, 0.717) is 5.92 Å². The van der Waals surface area contributed by atoms with Gasteiger partial charge in [0.05, 0.1) is 18.5 Å². The van der Waals surface area contributed by atoms with Crippen molar-refractivity contribution in [3.05, 3.63) is 41.1 Å². The van der Waals surface area contributed by atoms with E-state index < -0.39 is 0 Å². The summed E-state index contributed by atoms with van der Waals surface area (Å²) in [5.74, 6) is 0.469. The van der Waals surface area contributed by atoms with Crippen LogP contribution in [0.4, 0.5) is 0 Å². The van der Waals surface area contributed by atoms with E-state index in [4.69, 9.17) is 0 Å². The normalized spacial score (nSPS) is 20.0. The van der Waals surface area contributed by atoms with E-state index >= 15 is 0 Å². The average molecular weight is 314 g/mol. The zero-order chi connectivity index (χ0) is 16.8. The zero-order valence-electron chi connectivity index (χ0n) is 15.1. The van der Waals surface area contributed by atoms with Crippen LogP contribution in [0.15, 0.2) is 24.4 Å². The Morgan fingerprint density at radius 2 is 1.96 bits per heavy atom. The zero-order valence-corrected chi connectivity index (χ0v) is 15.1. The minimum Gasteiger partial charge on any atom is -0.388 e. The van der Waals surface area contributed by atoms with Crippen LogP contribution < -0.4 is 0 Å². The van der Waals surface area contributed by atoms with Crippen molar-refractivity contribution >= 4 is 5.70 Å². The molecule has 1 N–H and O–H groups in total. The molecule has 126 valence electrons. The van der Waals surface area contributed by atoms with Gasteiger partial charge in [0.1, 0.15) is 0 Å². The van der Waals surface area contributed by atoms with Crippen molar-refractivity contribution in [1.29, 1.82) is 0 Å². The maximum Gasteiger partial charge on any atom is 0.0896 e. The lowest BCUT2D eigenvalue weighted by molar-refractivity contribution is 0.154. The summed E-state index contributed by atoms with van der Waals surface area (Å²) >= 11 is 0. The number of aryl methyl sites for hydroxylation is 1. The predicted molar refractivity (Wildman–Crippen MR) is 95.6 cm³/mol. The van der Waals surface area contributed by atoms with Crippen LogP contribution in [0, 0.1) is 18.3 Å². The highest BCUT2D eigenvalue weighted by Crippen LogP contribution is 2.42. The van der Waals surface area contributed by atoms with Crippen LogP contribution in [0.1, 0.15) is 56.4 Å². The molecule has 0 spiro atoms. The molecule has 1 fully saturated rings. The SMILES string of the molecule is Cc1ccc(C(O)C2CC2)cc1C1=CN(C)CN1CC(C)(C)C. The second kappa shape index (κ2) is 5.86. The second-order valence-corrected chi connectivity index (χ2v) is 8.53. The lowest BCUT2D eigenvalue weighted by atomic mass is 9.94. The molecule has 1 aliphatic carbocycles. The van der Waals surface area contributed by atoms with Crippen molar-refractivity contribution in [3.8, 4) is 0 Å². The Balaban J connectivity index is 1.92. The van der Waals surface area contributed by atoms with Gasteiger partial charge < -0.3 is 14.9 Å². The number of nitrogens with zero attached hydrogens (tertiary/aromatic N) is 2. The van der Waals surface area contributed by atoms with Crippen LogP contribution in [-0.4, -0.2) is 35.2 Å². The molecule has 0 amide bonds. The molecule has 1 heterocycles. The van der Waals surface area contributed by atoms with E-state index in [2.05, 4.69) is 68.9 Å². The van der Waals surface area contributed by atoms with Gasteiger partial charge in [-0.15, -0.1) is 0 Å². The van der Waals surface area contributed by atoms with Crippen molar-refractivity contribution in [2.45, 2.75) is 46.6 Å². The lowest BCUT2D eigenvalue weighted by Gasteiger charge is -2.31. The minimum atomic E-state index is -0.301. The smallest absolute Gasteiger partial charge is 0.0896 e. The summed E-state index contributed by atoms with van der Waals surface area (Å²) in [6.07, 6.45) is 4.25. The van der Waals surface area contributed by atoms with Crippen molar-refractivity contribution in [1.82, 2.24) is 9.80 Å². The average Bonchev–Trinajstić information content (AvgIpc) is 3.22. The first-order valence-corrected chi connectivity index (χ1v) is 8.70. The molecule has 0 saturated heterocycles. The van der Waals surface area contributed by atoms with Gasteiger partial charge in [0.2, 0.25) is 0 Å². The van der Waals surface area contributed by atoms with E-state index in [0.717, 1.165) is 31.6 Å². The van der Waals surface area contributed by atoms with Gasteiger partial charge in [-0.2, -0.15) is 0 Å². The Morgan fingerprint density at radius 3 is 2.57 bits per heavy atom. The molecule has 23 heavy (non-hydrogen) atoms. The first-order valence-electron chi connectivity index (χ1n) is 8.70. The summed E-state index contributed by atoms with van der Waals surface area (Å²) in [7, 11) is 2.13. The number of rotatable bonds is 4. The van der Waals surface area contributed by atoms with Crippen molar-refractivity contribution < 1.29 is 5.11 Å². The van der Waals surface area contributed by atoms with Crippen molar-refractivity contribution in [2.24, 2.45) is 11.3 Å². The van der Waals surface area contributed by atoms with Crippen molar-refractivity contribution in [3.63, 3.8) is 0 Å². The van der Waals surface area contributed by atoms with Crippen LogP contribution in [0.2, 0.25) is 0 Å². The van der Waals surface area contributed by atoms with E-state index in [1.165, 1.54) is 16.8 Å². The largest absolute Gasteiger partial charge is 0.388 e. The Kier molecular flexibility index (Phi) is 4.18. The van der Waals surface area contributed by atoms with Crippen LogP contribution in [0.3, 0.4) is 0 Å². The molecular weight excluding hydrogens is 284 g/mol. The van der Waals surface area contributed by atoms with Gasteiger partial charge in [0.25, 0.3) is 0 Å². The summed E-state index contributed by atoms with van der Waals surface area (Å²) in [4.78, 5) is 4.69. The van der Waals surface area contributed by atoms with E-state index in [9.17, 15) is 5.11 Å². The molecule has 0 aromatic heterocycles. The maximum atomic E-state index is 10.5. The third-order valence-corrected chi connectivity index (χ3v) is 4.69. The lowest BCUT2D eigenvalue weighted by Crippen LogP contribution is -2.32. The molecule has 1 aromatic carbocycles. The third-order valence-electron chi connectivity index (χ3n) is 4.69. The van der Waals surface area contributed by atoms with Gasteiger partial charge >= 0.3 is 0 Å². The Hall–Kier alpha value is -1.48. The number of aliphatic hydroxyl groups is 1. The Bertz CT molecular complexity index is 611. The molecule has 2 aliphatic rings. The van der Waals surface area contributed by atoms with E-state index in [1.54, 1.807) is 0 Å². The van der Waals surface area contributed by atoms with Crippen LogP contribution in [-0.2, 0) is 0 Å². The molecule has 0 bridgehead atoms. The monoisotopic (exact) mass is 314 g/mol. The fraction of sp³-hybridized carbons (Fsp3) is 0.600. The molecule has 3 rings (SSSR count). The standard InChI is InChI=1S/C20H30N2O/c1-14-6-7-16(19(23)15-8-9-15)10-17(14)18-11-21(5)13-22(18)12-20(2,3)4/h6-7,10-11,15,19,23H,8-9,12-13H2,1-5H3. The molecule has 3 heteroatoms. The fourth-order valence-electron chi connectivity index (χ4n) is 3.41. The topological polar surface area (TPSA) is 26.7 Å². The van der Waals surface area contributed by atoms with Gasteiger partial charge in [-0.3, -0.25) is 0 Å². The fourth-order valence-corrected chi connectivity index (χ4v) is 3.41. The molecule has 3 nitrogen and oxygen atoms in total. The summed E-state index contributed by atoms with van der Waals surface area (Å²) in [5, 5.41) is 10.5. The number of hydrogen-bond acceptors (Lipinski definition) is 3.